The van der Waals surface area contributed by atoms with Crippen molar-refractivity contribution in [2.75, 3.05) is 6.54 Å². The molecule has 7 heteroatoms. The Hall–Kier alpha value is -3.35. The molecule has 0 aliphatic rings. The van der Waals surface area contributed by atoms with Crippen LogP contribution in [0.3, 0.4) is 0 Å². The van der Waals surface area contributed by atoms with Crippen LogP contribution in [0.25, 0.3) is 21.9 Å². The number of carbonyl (C=O) groups is 1. The standard InChI is InChI=1S/C22H23N3O4/c1-13-9-17-20(21-19(13)14(2)11-28-21)15(3)16(22(27)29-17)10-18(26)24-5-4-7-25-8-6-23-12-25/h6,8-9,11-12H,4-5,7,10H2,1-3H3,(H,24,26). The Bertz CT molecular complexity index is 1250. The van der Waals surface area contributed by atoms with Crippen molar-refractivity contribution in [3.63, 3.8) is 0 Å². The Morgan fingerprint density at radius 2 is 2.03 bits per heavy atom. The summed E-state index contributed by atoms with van der Waals surface area (Å²) in [5.74, 6) is -0.204. The number of hydrogen-bond acceptors (Lipinski definition) is 5. The molecule has 0 unspecified atom stereocenters. The smallest absolute Gasteiger partial charge is 0.340 e. The number of nitrogens with one attached hydrogen (secondary N) is 1. The van der Waals surface area contributed by atoms with Crippen LogP contribution in [0.1, 0.15) is 28.7 Å². The number of carbonyl (C=O) groups excluding carboxylic acids is 1. The number of furan rings is 1. The van der Waals surface area contributed by atoms with Crippen molar-refractivity contribution in [1.29, 1.82) is 0 Å². The zero-order chi connectivity index (χ0) is 20.5. The first-order valence-corrected chi connectivity index (χ1v) is 9.62. The average Bonchev–Trinajstić information content (AvgIpc) is 3.32. The highest BCUT2D eigenvalue weighted by Crippen LogP contribution is 2.34. The van der Waals surface area contributed by atoms with Gasteiger partial charge in [-0.15, -0.1) is 0 Å². The summed E-state index contributed by atoms with van der Waals surface area (Å²) in [7, 11) is 0. The number of hydrogen-bond donors (Lipinski definition) is 1. The van der Waals surface area contributed by atoms with Crippen molar-refractivity contribution in [2.45, 2.75) is 40.2 Å². The van der Waals surface area contributed by atoms with Gasteiger partial charge in [-0.3, -0.25) is 4.79 Å². The van der Waals surface area contributed by atoms with Crippen molar-refractivity contribution >= 4 is 27.8 Å². The molecule has 4 aromatic rings. The number of benzene rings is 1. The number of fused-ring (bicyclic) bond motifs is 3. The van der Waals surface area contributed by atoms with Crippen molar-refractivity contribution in [1.82, 2.24) is 14.9 Å². The maximum absolute atomic E-state index is 12.5. The number of amides is 1. The van der Waals surface area contributed by atoms with E-state index in [1.54, 1.807) is 18.8 Å². The van der Waals surface area contributed by atoms with Crippen LogP contribution >= 0.6 is 0 Å². The molecule has 3 aromatic heterocycles. The van der Waals surface area contributed by atoms with E-state index in [0.717, 1.165) is 40.4 Å². The number of aromatic nitrogens is 2. The molecule has 0 aliphatic heterocycles. The Balaban J connectivity index is 1.57. The largest absolute Gasteiger partial charge is 0.463 e. The summed E-state index contributed by atoms with van der Waals surface area (Å²) in [5, 5.41) is 4.64. The molecule has 0 bridgehead atoms. The maximum Gasteiger partial charge on any atom is 0.340 e. The fourth-order valence-electron chi connectivity index (χ4n) is 3.81. The lowest BCUT2D eigenvalue weighted by Crippen LogP contribution is -2.29. The first-order valence-electron chi connectivity index (χ1n) is 9.62. The normalized spacial score (nSPS) is 11.4. The van der Waals surface area contributed by atoms with E-state index in [0.29, 0.717) is 23.3 Å². The van der Waals surface area contributed by atoms with E-state index in [4.69, 9.17) is 8.83 Å². The topological polar surface area (TPSA) is 90.3 Å². The Labute approximate surface area is 167 Å². The molecule has 29 heavy (non-hydrogen) atoms. The highest BCUT2D eigenvalue weighted by molar-refractivity contribution is 6.07. The summed E-state index contributed by atoms with van der Waals surface area (Å²) < 4.78 is 13.3. The molecule has 1 aromatic carbocycles. The molecule has 0 saturated heterocycles. The van der Waals surface area contributed by atoms with Gasteiger partial charge in [0.1, 0.15) is 11.2 Å². The van der Waals surface area contributed by atoms with Crippen LogP contribution in [0.4, 0.5) is 0 Å². The van der Waals surface area contributed by atoms with Crippen LogP contribution in [-0.4, -0.2) is 22.0 Å². The SMILES string of the molecule is Cc1coc2c1c(C)cc1oc(=O)c(CC(=O)NCCCn3ccnc3)c(C)c12. The molecule has 0 spiro atoms. The van der Waals surface area contributed by atoms with E-state index in [9.17, 15) is 9.59 Å². The van der Waals surface area contributed by atoms with Gasteiger partial charge in [-0.05, 0) is 49.9 Å². The van der Waals surface area contributed by atoms with E-state index in [2.05, 4.69) is 10.3 Å². The van der Waals surface area contributed by atoms with Gasteiger partial charge >= 0.3 is 5.63 Å². The first-order chi connectivity index (χ1) is 14.0. The van der Waals surface area contributed by atoms with Gasteiger partial charge in [-0.1, -0.05) is 0 Å². The third-order valence-corrected chi connectivity index (χ3v) is 5.28. The second kappa shape index (κ2) is 7.58. The van der Waals surface area contributed by atoms with E-state index < -0.39 is 5.63 Å². The third-order valence-electron chi connectivity index (χ3n) is 5.28. The molecule has 0 radical (unpaired) electrons. The van der Waals surface area contributed by atoms with Crippen LogP contribution in [0, 0.1) is 20.8 Å². The highest BCUT2D eigenvalue weighted by Gasteiger charge is 2.19. The lowest BCUT2D eigenvalue weighted by atomic mass is 9.99. The molecular weight excluding hydrogens is 370 g/mol. The van der Waals surface area contributed by atoms with Crippen molar-refractivity contribution in [2.24, 2.45) is 0 Å². The zero-order valence-corrected chi connectivity index (χ0v) is 16.7. The average molecular weight is 393 g/mol. The number of imidazole rings is 1. The number of aryl methyl sites for hydroxylation is 4. The molecule has 150 valence electrons. The highest BCUT2D eigenvalue weighted by atomic mass is 16.4. The third kappa shape index (κ3) is 3.55. The zero-order valence-electron chi connectivity index (χ0n) is 16.7. The lowest BCUT2D eigenvalue weighted by molar-refractivity contribution is -0.120. The van der Waals surface area contributed by atoms with E-state index in [1.165, 1.54) is 0 Å². The van der Waals surface area contributed by atoms with Gasteiger partial charge in [-0.2, -0.15) is 0 Å². The van der Waals surface area contributed by atoms with Crippen LogP contribution < -0.4 is 10.9 Å². The molecule has 3 heterocycles. The molecule has 1 N–H and O–H groups in total. The number of nitrogens with zero attached hydrogens (tertiary/aromatic N) is 2. The molecular formula is C22H23N3O4. The predicted molar refractivity (Wildman–Crippen MR) is 110 cm³/mol. The molecule has 0 aliphatic carbocycles. The second-order valence-corrected chi connectivity index (χ2v) is 7.36. The first kappa shape index (κ1) is 19.0. The van der Waals surface area contributed by atoms with Crippen molar-refractivity contribution in [3.8, 4) is 0 Å². The quantitative estimate of drug-likeness (QED) is 0.400. The monoisotopic (exact) mass is 393 g/mol. The summed E-state index contributed by atoms with van der Waals surface area (Å²) in [5.41, 5.74) is 3.81. The minimum atomic E-state index is -0.481. The van der Waals surface area contributed by atoms with Gasteiger partial charge in [0.25, 0.3) is 0 Å². The summed E-state index contributed by atoms with van der Waals surface area (Å²) in [6.07, 6.45) is 7.80. The minimum Gasteiger partial charge on any atom is -0.463 e. The molecule has 0 saturated carbocycles. The van der Waals surface area contributed by atoms with E-state index >= 15 is 0 Å². The van der Waals surface area contributed by atoms with Gasteiger partial charge in [0.15, 0.2) is 0 Å². The lowest BCUT2D eigenvalue weighted by Gasteiger charge is -2.10. The molecule has 0 atom stereocenters. The van der Waals surface area contributed by atoms with E-state index in [1.807, 2.05) is 37.6 Å². The molecule has 1 amide bonds. The van der Waals surface area contributed by atoms with Gasteiger partial charge in [0.05, 0.1) is 30.0 Å². The van der Waals surface area contributed by atoms with Gasteiger partial charge in [0.2, 0.25) is 5.91 Å². The summed E-state index contributed by atoms with van der Waals surface area (Å²) in [6.45, 7) is 7.08. The summed E-state index contributed by atoms with van der Waals surface area (Å²) in [6, 6.07) is 1.86. The van der Waals surface area contributed by atoms with Crippen molar-refractivity contribution in [3.05, 3.63) is 63.7 Å². The van der Waals surface area contributed by atoms with Crippen LogP contribution in [0.15, 0.2) is 44.7 Å². The fraction of sp³-hybridized carbons (Fsp3) is 0.318. The minimum absolute atomic E-state index is 0.0236. The van der Waals surface area contributed by atoms with Gasteiger partial charge in [0, 0.05) is 30.9 Å². The van der Waals surface area contributed by atoms with Crippen LogP contribution in [-0.2, 0) is 17.8 Å². The van der Waals surface area contributed by atoms with Gasteiger partial charge < -0.3 is 18.7 Å². The second-order valence-electron chi connectivity index (χ2n) is 7.36. The molecule has 4 rings (SSSR count). The maximum atomic E-state index is 12.5. The Morgan fingerprint density at radius 1 is 1.21 bits per heavy atom. The van der Waals surface area contributed by atoms with Crippen molar-refractivity contribution < 1.29 is 13.6 Å². The Morgan fingerprint density at radius 3 is 2.79 bits per heavy atom. The number of rotatable bonds is 6. The van der Waals surface area contributed by atoms with E-state index in [-0.39, 0.29) is 12.3 Å². The van der Waals surface area contributed by atoms with Gasteiger partial charge in [-0.25, -0.2) is 9.78 Å². The summed E-state index contributed by atoms with van der Waals surface area (Å²) in [4.78, 5) is 28.9. The predicted octanol–water partition coefficient (Wildman–Crippen LogP) is 3.41. The van der Waals surface area contributed by atoms with Crippen LogP contribution in [0.5, 0.6) is 0 Å². The Kier molecular flexibility index (Phi) is 4.96. The fourth-order valence-corrected chi connectivity index (χ4v) is 3.81. The summed E-state index contributed by atoms with van der Waals surface area (Å²) >= 11 is 0. The van der Waals surface area contributed by atoms with Crippen LogP contribution in [0.2, 0.25) is 0 Å². The molecule has 7 nitrogen and oxygen atoms in total. The molecule has 0 fully saturated rings.